The Bertz CT molecular complexity index is 1630. The van der Waals surface area contributed by atoms with Crippen LogP contribution in [-0.4, -0.2) is 53.9 Å². The van der Waals surface area contributed by atoms with Crippen molar-refractivity contribution in [2.75, 3.05) is 13.1 Å². The number of hydrogen-bond donors (Lipinski definition) is 1. The molecule has 0 radical (unpaired) electrons. The highest BCUT2D eigenvalue weighted by Gasteiger charge is 2.61. The third-order valence-corrected chi connectivity index (χ3v) is 14.9. The van der Waals surface area contributed by atoms with E-state index in [0.29, 0.717) is 42.2 Å². The van der Waals surface area contributed by atoms with Gasteiger partial charge in [0.05, 0.1) is 24.3 Å². The number of likely N-dealkylation sites (tertiary alicyclic amines) is 1. The first kappa shape index (κ1) is 35.8. The van der Waals surface area contributed by atoms with Crippen LogP contribution in [0.2, 0.25) is 0 Å². The van der Waals surface area contributed by atoms with E-state index in [1.54, 1.807) is 11.1 Å². The first-order chi connectivity index (χ1) is 25.1. The van der Waals surface area contributed by atoms with Crippen LogP contribution in [0.4, 0.5) is 4.79 Å². The molecule has 3 saturated carbocycles. The summed E-state index contributed by atoms with van der Waals surface area (Å²) < 4.78 is 19.2. The topological polar surface area (TPSA) is 77.1 Å². The number of carbonyl (C=O) groups is 2. The maximum atomic E-state index is 13.6. The van der Waals surface area contributed by atoms with Gasteiger partial charge in [-0.15, -0.1) is 0 Å². The smallest absolute Gasteiger partial charge is 0.410 e. The lowest BCUT2D eigenvalue weighted by molar-refractivity contribution is -0.155. The largest absolute Gasteiger partial charge is 0.461 e. The van der Waals surface area contributed by atoms with Crippen molar-refractivity contribution in [1.29, 1.82) is 0 Å². The van der Waals surface area contributed by atoms with Gasteiger partial charge in [-0.25, -0.2) is 4.79 Å². The molecule has 8 rings (SSSR count). The number of ether oxygens (including phenoxy) is 3. The van der Waals surface area contributed by atoms with Gasteiger partial charge in [0.15, 0.2) is 0 Å². The molecule has 2 heterocycles. The van der Waals surface area contributed by atoms with Crippen molar-refractivity contribution in [3.63, 3.8) is 0 Å². The number of nitrogens with zero attached hydrogens (tertiary/aromatic N) is 1. The highest BCUT2D eigenvalue weighted by atomic mass is 16.6. The minimum absolute atomic E-state index is 0.0378. The van der Waals surface area contributed by atoms with Gasteiger partial charge in [-0.1, -0.05) is 92.6 Å². The van der Waals surface area contributed by atoms with Crippen LogP contribution >= 0.6 is 0 Å². The van der Waals surface area contributed by atoms with Gasteiger partial charge < -0.3 is 24.4 Å². The van der Waals surface area contributed by atoms with E-state index < -0.39 is 0 Å². The van der Waals surface area contributed by atoms with Gasteiger partial charge in [-0.3, -0.25) is 4.79 Å². The Kier molecular flexibility index (Phi) is 10.1. The van der Waals surface area contributed by atoms with Crippen molar-refractivity contribution in [2.24, 2.45) is 40.9 Å². The van der Waals surface area contributed by atoms with Crippen LogP contribution in [0.3, 0.4) is 0 Å². The molecule has 1 N–H and O–H groups in total. The summed E-state index contributed by atoms with van der Waals surface area (Å²) in [5.74, 6) is 3.19. The Morgan fingerprint density at radius 1 is 0.942 bits per heavy atom. The number of piperidine rings is 1. The molecule has 2 aliphatic heterocycles. The van der Waals surface area contributed by atoms with Crippen LogP contribution in [-0.2, 0) is 32.2 Å². The van der Waals surface area contributed by atoms with E-state index in [4.69, 9.17) is 14.2 Å². The predicted octanol–water partition coefficient (Wildman–Crippen LogP) is 8.86. The normalized spacial score (nSPS) is 38.2. The number of esters is 1. The van der Waals surface area contributed by atoms with Crippen molar-refractivity contribution in [3.8, 4) is 0 Å². The third kappa shape index (κ3) is 6.74. The summed E-state index contributed by atoms with van der Waals surface area (Å²) in [6.07, 6.45) is 11.0. The molecule has 0 unspecified atom stereocenters. The van der Waals surface area contributed by atoms with Crippen LogP contribution < -0.4 is 5.32 Å². The zero-order chi connectivity index (χ0) is 36.0. The third-order valence-electron chi connectivity index (χ3n) is 14.9. The van der Waals surface area contributed by atoms with E-state index in [2.05, 4.69) is 45.1 Å². The molecule has 1 spiro atoms. The number of carbonyl (C=O) groups excluding carboxylic acids is 2. The number of rotatable bonds is 7. The molecule has 7 heteroatoms. The Balaban J connectivity index is 0.909. The van der Waals surface area contributed by atoms with E-state index in [1.165, 1.54) is 31.2 Å². The highest BCUT2D eigenvalue weighted by Crippen LogP contribution is 2.65. The number of fused-ring (bicyclic) bond motifs is 6. The number of benzene rings is 2. The Morgan fingerprint density at radius 3 is 2.46 bits per heavy atom. The zero-order valence-corrected chi connectivity index (χ0v) is 31.9. The molecule has 2 saturated heterocycles. The molecule has 280 valence electrons. The van der Waals surface area contributed by atoms with Crippen molar-refractivity contribution in [1.82, 2.24) is 10.2 Å². The predicted molar refractivity (Wildman–Crippen MR) is 202 cm³/mol. The number of allylic oxidation sites excluding steroid dienone is 1. The number of amides is 1. The van der Waals surface area contributed by atoms with Crippen LogP contribution in [0.25, 0.3) is 0 Å². The molecule has 2 aromatic rings. The number of nitrogens with one attached hydrogen (secondary N) is 1. The molecule has 6 aliphatic rings. The van der Waals surface area contributed by atoms with E-state index >= 15 is 0 Å². The molecule has 0 bridgehead atoms. The quantitative estimate of drug-likeness (QED) is 0.229. The van der Waals surface area contributed by atoms with E-state index in [-0.39, 0.29) is 48.4 Å². The number of hydrogen-bond acceptors (Lipinski definition) is 6. The standard InChI is InChI=1S/C45H60N2O5/c1-29-21-40-42(47(27-29)43(49)50-28-33-13-9-6-10-14-33)31(3)45(52-40)20-18-36-37-16-15-34-22-35(51-41(48)26-46-25-32-11-7-5-8-12-32)17-19-44(34,4)39(37)23-38(36)30(2)24-45/h5-14,29,31,34-37,39-40,42,46H,15-28H2,1-4H3/t29-,31+,34+,35+,36-,37-,39-,40+,42-,44-,45-/m0/s1. The average molecular weight is 709 g/mol. The SMILES string of the molecule is CC1=C2C[C@H]3[C@@H](CC[C@@H]4C[C@H](OC(=O)CNCc5ccccc5)CC[C@@]43C)[C@@H]2CC[C@@]2(C1)O[C@@H]1C[C@H](C)CN(C(=O)OCc3ccccc3)[C@H]1[C@H]2C. The molecule has 5 fully saturated rings. The Labute approximate surface area is 311 Å². The second-order valence-corrected chi connectivity index (χ2v) is 17.9. The van der Waals surface area contributed by atoms with Crippen molar-refractivity contribution in [3.05, 3.63) is 82.9 Å². The lowest BCUT2D eigenvalue weighted by atomic mass is 9.52. The summed E-state index contributed by atoms with van der Waals surface area (Å²) in [5.41, 5.74) is 5.55. The van der Waals surface area contributed by atoms with Crippen molar-refractivity contribution < 1.29 is 23.8 Å². The summed E-state index contributed by atoms with van der Waals surface area (Å²) in [5, 5.41) is 3.27. The van der Waals surface area contributed by atoms with Gasteiger partial charge in [0, 0.05) is 19.0 Å². The maximum absolute atomic E-state index is 13.6. The van der Waals surface area contributed by atoms with E-state index in [9.17, 15) is 9.59 Å². The molecule has 2 aromatic carbocycles. The van der Waals surface area contributed by atoms with Crippen LogP contribution in [0, 0.1) is 40.9 Å². The fourth-order valence-corrected chi connectivity index (χ4v) is 12.3. The summed E-state index contributed by atoms with van der Waals surface area (Å²) >= 11 is 0. The lowest BCUT2D eigenvalue weighted by Crippen LogP contribution is -2.54. The van der Waals surface area contributed by atoms with Crippen LogP contribution in [0.15, 0.2) is 71.8 Å². The van der Waals surface area contributed by atoms with Crippen LogP contribution in [0.5, 0.6) is 0 Å². The molecule has 0 aromatic heterocycles. The Morgan fingerprint density at radius 2 is 1.69 bits per heavy atom. The van der Waals surface area contributed by atoms with E-state index in [0.717, 1.165) is 56.6 Å². The first-order valence-electron chi connectivity index (χ1n) is 20.4. The van der Waals surface area contributed by atoms with Crippen molar-refractivity contribution in [2.45, 2.75) is 129 Å². The average Bonchev–Trinajstić information content (AvgIpc) is 3.61. The fraction of sp³-hybridized carbons (Fsp3) is 0.644. The summed E-state index contributed by atoms with van der Waals surface area (Å²) in [4.78, 5) is 28.5. The maximum Gasteiger partial charge on any atom is 0.410 e. The molecule has 1 amide bonds. The molecular weight excluding hydrogens is 649 g/mol. The van der Waals surface area contributed by atoms with Crippen LogP contribution in [0.1, 0.15) is 103 Å². The summed E-state index contributed by atoms with van der Waals surface area (Å²) in [6, 6.07) is 20.3. The molecule has 11 atom stereocenters. The van der Waals surface area contributed by atoms with Gasteiger partial charge in [0.1, 0.15) is 12.7 Å². The summed E-state index contributed by atoms with van der Waals surface area (Å²) in [6.45, 7) is 11.6. The highest BCUT2D eigenvalue weighted by molar-refractivity contribution is 5.71. The Hall–Kier alpha value is -3.16. The van der Waals surface area contributed by atoms with Gasteiger partial charge in [0.25, 0.3) is 0 Å². The van der Waals surface area contributed by atoms with Gasteiger partial charge in [0.2, 0.25) is 0 Å². The molecule has 52 heavy (non-hydrogen) atoms. The fourth-order valence-electron chi connectivity index (χ4n) is 12.3. The molecular formula is C45H60N2O5. The molecule has 4 aliphatic carbocycles. The monoisotopic (exact) mass is 708 g/mol. The van der Waals surface area contributed by atoms with Gasteiger partial charge in [-0.05, 0) is 117 Å². The van der Waals surface area contributed by atoms with Gasteiger partial charge >= 0.3 is 12.1 Å². The minimum Gasteiger partial charge on any atom is -0.461 e. The summed E-state index contributed by atoms with van der Waals surface area (Å²) in [7, 11) is 0. The minimum atomic E-state index is -0.229. The second-order valence-electron chi connectivity index (χ2n) is 17.9. The molecule has 7 nitrogen and oxygen atoms in total. The first-order valence-corrected chi connectivity index (χ1v) is 20.4. The van der Waals surface area contributed by atoms with E-state index in [1.807, 2.05) is 53.4 Å². The lowest BCUT2D eigenvalue weighted by Gasteiger charge is -2.54. The van der Waals surface area contributed by atoms with Gasteiger partial charge in [-0.2, -0.15) is 0 Å². The second kappa shape index (κ2) is 14.6. The zero-order valence-electron chi connectivity index (χ0n) is 31.9. The van der Waals surface area contributed by atoms with Crippen molar-refractivity contribution >= 4 is 12.1 Å².